The van der Waals surface area contributed by atoms with Crippen LogP contribution in [0, 0.1) is 0 Å². The van der Waals surface area contributed by atoms with Gasteiger partial charge in [0.2, 0.25) is 5.82 Å². The molecule has 2 rings (SSSR count). The topological polar surface area (TPSA) is 47.0 Å². The zero-order valence-electron chi connectivity index (χ0n) is 10.9. The molecule has 1 aromatic rings. The van der Waals surface area contributed by atoms with Crippen molar-refractivity contribution in [2.75, 3.05) is 11.9 Å². The second-order valence-electron chi connectivity index (χ2n) is 4.78. The Morgan fingerprint density at radius 3 is 2.80 bits per heavy atom. The Kier molecular flexibility index (Phi) is 4.70. The fourth-order valence-corrected chi connectivity index (χ4v) is 2.28. The van der Waals surface area contributed by atoms with Crippen molar-refractivity contribution in [3.8, 4) is 0 Å². The van der Waals surface area contributed by atoms with Crippen LogP contribution in [-0.2, 0) is 10.9 Å². The quantitative estimate of drug-likeness (QED) is 0.868. The first kappa shape index (κ1) is 15.3. The molecule has 0 aromatic carbocycles. The van der Waals surface area contributed by atoms with E-state index in [0.717, 1.165) is 19.3 Å². The second kappa shape index (κ2) is 6.13. The molecule has 0 radical (unpaired) electrons. The molecule has 1 aromatic heterocycles. The predicted molar refractivity (Wildman–Crippen MR) is 68.7 cm³/mol. The summed E-state index contributed by atoms with van der Waals surface area (Å²) in [6.07, 6.45) is -1.53. The maximum absolute atomic E-state index is 12.6. The molecule has 112 valence electrons. The van der Waals surface area contributed by atoms with E-state index in [2.05, 4.69) is 15.3 Å². The second-order valence-corrected chi connectivity index (χ2v) is 5.17. The van der Waals surface area contributed by atoms with Crippen molar-refractivity contribution in [2.24, 2.45) is 0 Å². The van der Waals surface area contributed by atoms with E-state index in [-0.39, 0.29) is 23.2 Å². The molecule has 0 unspecified atom stereocenters. The number of hydrogen-bond acceptors (Lipinski definition) is 4. The van der Waals surface area contributed by atoms with Crippen LogP contribution in [0.5, 0.6) is 0 Å². The van der Waals surface area contributed by atoms with Crippen molar-refractivity contribution in [1.82, 2.24) is 9.97 Å². The van der Waals surface area contributed by atoms with Gasteiger partial charge in [-0.25, -0.2) is 9.97 Å². The lowest BCUT2D eigenvalue weighted by Crippen LogP contribution is -2.31. The van der Waals surface area contributed by atoms with Crippen LogP contribution in [0.15, 0.2) is 6.07 Å². The summed E-state index contributed by atoms with van der Waals surface area (Å²) in [5.74, 6) is -1.19. The van der Waals surface area contributed by atoms with Gasteiger partial charge in [0.15, 0.2) is 0 Å². The van der Waals surface area contributed by atoms with Crippen LogP contribution in [-0.4, -0.2) is 28.7 Å². The van der Waals surface area contributed by atoms with Crippen LogP contribution in [0.4, 0.5) is 19.0 Å². The summed E-state index contributed by atoms with van der Waals surface area (Å²) in [6.45, 7) is 2.38. The highest BCUT2D eigenvalue weighted by Gasteiger charge is 2.35. The first-order valence-electron chi connectivity index (χ1n) is 6.35. The summed E-state index contributed by atoms with van der Waals surface area (Å²) >= 11 is 5.58. The van der Waals surface area contributed by atoms with E-state index in [1.807, 2.05) is 6.92 Å². The van der Waals surface area contributed by atoms with Gasteiger partial charge in [-0.2, -0.15) is 13.2 Å². The Balaban J connectivity index is 2.00. The largest absolute Gasteiger partial charge is 0.451 e. The van der Waals surface area contributed by atoms with E-state index in [9.17, 15) is 13.2 Å². The minimum absolute atomic E-state index is 0.0261. The Hall–Kier alpha value is -1.08. The molecular weight excluding hydrogens is 295 g/mol. The zero-order chi connectivity index (χ0) is 14.8. The smallest absolute Gasteiger partial charge is 0.373 e. The zero-order valence-corrected chi connectivity index (χ0v) is 11.6. The summed E-state index contributed by atoms with van der Waals surface area (Å²) < 4.78 is 43.3. The summed E-state index contributed by atoms with van der Waals surface area (Å²) in [4.78, 5) is 6.59. The number of ether oxygens (including phenoxy) is 1. The van der Waals surface area contributed by atoms with Crippen LogP contribution in [0.3, 0.4) is 0 Å². The van der Waals surface area contributed by atoms with Crippen LogP contribution in [0.2, 0.25) is 5.15 Å². The number of aromatic nitrogens is 2. The highest BCUT2D eigenvalue weighted by molar-refractivity contribution is 6.29. The third kappa shape index (κ3) is 4.21. The van der Waals surface area contributed by atoms with Crippen molar-refractivity contribution in [3.63, 3.8) is 0 Å². The van der Waals surface area contributed by atoms with Gasteiger partial charge in [0.05, 0.1) is 12.2 Å². The van der Waals surface area contributed by atoms with E-state index in [0.29, 0.717) is 6.54 Å². The lowest BCUT2D eigenvalue weighted by atomic mass is 10.1. The molecular formula is C12H15ClF3N3O. The summed E-state index contributed by atoms with van der Waals surface area (Å²) in [7, 11) is 0. The third-order valence-corrected chi connectivity index (χ3v) is 3.21. The van der Waals surface area contributed by atoms with Crippen LogP contribution in [0.25, 0.3) is 0 Å². The molecule has 20 heavy (non-hydrogen) atoms. The van der Waals surface area contributed by atoms with E-state index in [1.54, 1.807) is 0 Å². The van der Waals surface area contributed by atoms with E-state index in [4.69, 9.17) is 16.3 Å². The molecule has 8 heteroatoms. The van der Waals surface area contributed by atoms with Gasteiger partial charge in [-0.1, -0.05) is 11.6 Å². The number of alkyl halides is 3. The molecule has 1 N–H and O–H groups in total. The molecule has 0 bridgehead atoms. The normalized spacial score (nSPS) is 23.6. The van der Waals surface area contributed by atoms with Crippen LogP contribution >= 0.6 is 11.6 Å². The molecule has 2 heterocycles. The Morgan fingerprint density at radius 2 is 2.15 bits per heavy atom. The lowest BCUT2D eigenvalue weighted by molar-refractivity contribution is -0.144. The molecule has 0 aliphatic carbocycles. The number of hydrogen-bond donors (Lipinski definition) is 1. The third-order valence-electron chi connectivity index (χ3n) is 3.02. The summed E-state index contributed by atoms with van der Waals surface area (Å²) in [5.41, 5.74) is 0. The number of halogens is 4. The van der Waals surface area contributed by atoms with E-state index in [1.165, 1.54) is 6.07 Å². The Bertz CT molecular complexity index is 470. The van der Waals surface area contributed by atoms with Gasteiger partial charge < -0.3 is 10.1 Å². The van der Waals surface area contributed by atoms with Crippen molar-refractivity contribution in [2.45, 2.75) is 44.6 Å². The minimum Gasteiger partial charge on any atom is -0.373 e. The van der Waals surface area contributed by atoms with Crippen LogP contribution in [0.1, 0.15) is 32.0 Å². The maximum atomic E-state index is 12.6. The lowest BCUT2D eigenvalue weighted by Gasteiger charge is -2.28. The van der Waals surface area contributed by atoms with Gasteiger partial charge in [-0.05, 0) is 26.2 Å². The number of nitrogens with zero attached hydrogens (tertiary/aromatic N) is 2. The average Bonchev–Trinajstić information content (AvgIpc) is 2.35. The van der Waals surface area contributed by atoms with Crippen molar-refractivity contribution in [3.05, 3.63) is 17.0 Å². The monoisotopic (exact) mass is 309 g/mol. The number of nitrogens with one attached hydrogen (secondary N) is 1. The van der Waals surface area contributed by atoms with Crippen LogP contribution < -0.4 is 5.32 Å². The van der Waals surface area contributed by atoms with Gasteiger partial charge in [-0.15, -0.1) is 0 Å². The summed E-state index contributed by atoms with van der Waals surface area (Å²) in [5, 5.41) is 2.58. The van der Waals surface area contributed by atoms with Crippen molar-refractivity contribution < 1.29 is 17.9 Å². The highest BCUT2D eigenvalue weighted by atomic mass is 35.5. The molecule has 1 fully saturated rings. The van der Waals surface area contributed by atoms with Gasteiger partial charge in [0.1, 0.15) is 11.0 Å². The molecule has 0 spiro atoms. The Morgan fingerprint density at radius 1 is 1.40 bits per heavy atom. The van der Waals surface area contributed by atoms with Gasteiger partial charge >= 0.3 is 6.18 Å². The molecule has 4 nitrogen and oxygen atoms in total. The van der Waals surface area contributed by atoms with Crippen molar-refractivity contribution >= 4 is 17.4 Å². The van der Waals surface area contributed by atoms with Gasteiger partial charge in [0.25, 0.3) is 0 Å². The predicted octanol–water partition coefficient (Wildman–Crippen LogP) is 3.52. The standard InChI is InChI=1S/C12H15ClF3N3O/c1-7-3-2-4-8(20-7)6-17-10-5-9(13)18-11(19-10)12(14,15)16/h5,7-8H,2-4,6H2,1H3,(H,17,18,19)/t7-,8-/m1/s1. The molecule has 0 saturated carbocycles. The SMILES string of the molecule is C[C@@H]1CCC[C@H](CNc2cc(Cl)nc(C(F)(F)F)n2)O1. The van der Waals surface area contributed by atoms with E-state index < -0.39 is 12.0 Å². The molecule has 0 amide bonds. The minimum atomic E-state index is -4.61. The van der Waals surface area contributed by atoms with Gasteiger partial charge in [-0.3, -0.25) is 0 Å². The first-order valence-corrected chi connectivity index (χ1v) is 6.73. The Labute approximate surface area is 119 Å². The van der Waals surface area contributed by atoms with Crippen molar-refractivity contribution in [1.29, 1.82) is 0 Å². The first-order chi connectivity index (χ1) is 9.34. The van der Waals surface area contributed by atoms with E-state index >= 15 is 0 Å². The molecule has 1 aliphatic heterocycles. The molecule has 1 saturated heterocycles. The van der Waals surface area contributed by atoms with Gasteiger partial charge in [0, 0.05) is 12.6 Å². The fraction of sp³-hybridized carbons (Fsp3) is 0.667. The average molecular weight is 310 g/mol. The fourth-order valence-electron chi connectivity index (χ4n) is 2.10. The summed E-state index contributed by atoms with van der Waals surface area (Å²) in [6, 6.07) is 1.27. The molecule has 2 atom stereocenters. The maximum Gasteiger partial charge on any atom is 0.451 e. The molecule has 1 aliphatic rings. The highest BCUT2D eigenvalue weighted by Crippen LogP contribution is 2.28. The number of rotatable bonds is 3. The number of anilines is 1.